The van der Waals surface area contributed by atoms with Crippen molar-refractivity contribution in [2.24, 2.45) is 0 Å². The number of carbonyl (C=O) groups excluding carboxylic acids is 1. The van der Waals surface area contributed by atoms with E-state index in [-0.39, 0.29) is 18.0 Å². The van der Waals surface area contributed by atoms with E-state index in [1.807, 2.05) is 6.92 Å². The molecule has 7 heteroatoms. The van der Waals surface area contributed by atoms with Crippen LogP contribution in [-0.4, -0.2) is 24.6 Å². The van der Waals surface area contributed by atoms with Crippen LogP contribution in [0.15, 0.2) is 34.3 Å². The highest BCUT2D eigenvalue weighted by molar-refractivity contribution is 9.10. The monoisotopic (exact) mass is 343 g/mol. The molecule has 0 fully saturated rings. The molecule has 1 rings (SSSR count). The van der Waals surface area contributed by atoms with Crippen LogP contribution in [0.4, 0.5) is 5.69 Å². The topological polar surface area (TPSA) is 78.7 Å². The van der Waals surface area contributed by atoms with Gasteiger partial charge in [-0.25, -0.2) is 4.79 Å². The summed E-state index contributed by atoms with van der Waals surface area (Å²) in [6.07, 6.45) is 2.05. The lowest BCUT2D eigenvalue weighted by Crippen LogP contribution is -2.06. The highest BCUT2D eigenvalue weighted by Crippen LogP contribution is 2.30. The summed E-state index contributed by atoms with van der Waals surface area (Å²) in [5.74, 6) is -0.281. The van der Waals surface area contributed by atoms with Crippen LogP contribution in [0.1, 0.15) is 13.3 Å². The van der Waals surface area contributed by atoms with E-state index >= 15 is 0 Å². The van der Waals surface area contributed by atoms with E-state index < -0.39 is 10.9 Å². The van der Waals surface area contributed by atoms with Crippen molar-refractivity contribution in [1.82, 2.24) is 0 Å². The molecular formula is C13H14BrNO5. The van der Waals surface area contributed by atoms with Gasteiger partial charge in [0.1, 0.15) is 6.61 Å². The summed E-state index contributed by atoms with van der Waals surface area (Å²) in [4.78, 5) is 21.7. The Labute approximate surface area is 124 Å². The van der Waals surface area contributed by atoms with Gasteiger partial charge in [0, 0.05) is 16.1 Å². The molecule has 0 aliphatic carbocycles. The van der Waals surface area contributed by atoms with Crippen LogP contribution in [0.5, 0.6) is 5.75 Å². The first-order valence-corrected chi connectivity index (χ1v) is 6.63. The molecule has 0 spiro atoms. The van der Waals surface area contributed by atoms with Gasteiger partial charge in [-0.15, -0.1) is 0 Å². The Morgan fingerprint density at radius 2 is 2.20 bits per heavy atom. The number of nitro groups is 1. The van der Waals surface area contributed by atoms with Crippen LogP contribution in [0, 0.1) is 10.1 Å². The van der Waals surface area contributed by atoms with Gasteiger partial charge in [0.25, 0.3) is 0 Å². The molecule has 0 unspecified atom stereocenters. The third-order valence-corrected chi connectivity index (χ3v) is 3.01. The average Bonchev–Trinajstić information content (AvgIpc) is 2.44. The number of esters is 1. The van der Waals surface area contributed by atoms with E-state index in [1.54, 1.807) is 12.1 Å². The summed E-state index contributed by atoms with van der Waals surface area (Å²) in [5.41, 5.74) is 0.330. The number of carbonyl (C=O) groups is 1. The molecule has 20 heavy (non-hydrogen) atoms. The maximum absolute atomic E-state index is 11.3. The van der Waals surface area contributed by atoms with Gasteiger partial charge in [0.2, 0.25) is 0 Å². The number of halogens is 1. The Bertz CT molecular complexity index is 542. The van der Waals surface area contributed by atoms with Gasteiger partial charge in [-0.2, -0.15) is 0 Å². The van der Waals surface area contributed by atoms with E-state index in [4.69, 9.17) is 4.74 Å². The molecular weight excluding hydrogens is 330 g/mol. The minimum atomic E-state index is -0.523. The first kappa shape index (κ1) is 16.2. The highest BCUT2D eigenvalue weighted by Gasteiger charge is 2.15. The van der Waals surface area contributed by atoms with Crippen LogP contribution in [0.3, 0.4) is 0 Å². The number of hydrogen-bond acceptors (Lipinski definition) is 5. The van der Waals surface area contributed by atoms with Gasteiger partial charge >= 0.3 is 11.7 Å². The van der Waals surface area contributed by atoms with Crippen molar-refractivity contribution in [3.63, 3.8) is 0 Å². The van der Waals surface area contributed by atoms with Crippen molar-refractivity contribution in [3.05, 3.63) is 44.4 Å². The standard InChI is InChI=1S/C13H14BrNO5/c1-3-9(13(16)19-2)6-7-20-12-5-4-10(14)8-11(12)15(17)18/h4-6,8H,3,7H2,1-2H3. The van der Waals surface area contributed by atoms with Crippen LogP contribution in [0.25, 0.3) is 0 Å². The maximum atomic E-state index is 11.3. The molecule has 0 aliphatic heterocycles. The molecule has 1 aromatic rings. The summed E-state index contributed by atoms with van der Waals surface area (Å²) in [6.45, 7) is 1.87. The Hall–Kier alpha value is -1.89. The van der Waals surface area contributed by atoms with Gasteiger partial charge in [-0.3, -0.25) is 10.1 Å². The van der Waals surface area contributed by atoms with Crippen molar-refractivity contribution >= 4 is 27.6 Å². The molecule has 0 bridgehead atoms. The van der Waals surface area contributed by atoms with Gasteiger partial charge in [-0.05, 0) is 24.6 Å². The number of benzene rings is 1. The van der Waals surface area contributed by atoms with Gasteiger partial charge in [-0.1, -0.05) is 22.9 Å². The highest BCUT2D eigenvalue weighted by atomic mass is 79.9. The third kappa shape index (κ3) is 4.34. The molecule has 0 amide bonds. The minimum absolute atomic E-state index is 0.0563. The second kappa shape index (κ2) is 7.64. The number of rotatable bonds is 6. The molecule has 0 atom stereocenters. The zero-order valence-electron chi connectivity index (χ0n) is 11.1. The molecule has 6 nitrogen and oxygen atoms in total. The van der Waals surface area contributed by atoms with Crippen molar-refractivity contribution in [2.75, 3.05) is 13.7 Å². The first-order chi connectivity index (χ1) is 9.49. The van der Waals surface area contributed by atoms with Crippen molar-refractivity contribution < 1.29 is 19.2 Å². The van der Waals surface area contributed by atoms with E-state index in [9.17, 15) is 14.9 Å². The smallest absolute Gasteiger partial charge is 0.333 e. The summed E-state index contributed by atoms with van der Waals surface area (Å²) in [5, 5.41) is 10.9. The Morgan fingerprint density at radius 1 is 1.50 bits per heavy atom. The van der Waals surface area contributed by atoms with Crippen LogP contribution in [0.2, 0.25) is 0 Å². The zero-order chi connectivity index (χ0) is 15.1. The Morgan fingerprint density at radius 3 is 2.75 bits per heavy atom. The summed E-state index contributed by atoms with van der Waals surface area (Å²) in [7, 11) is 1.30. The summed E-state index contributed by atoms with van der Waals surface area (Å²) >= 11 is 3.16. The number of nitrogens with zero attached hydrogens (tertiary/aromatic N) is 1. The fraction of sp³-hybridized carbons (Fsp3) is 0.308. The Balaban J connectivity index is 2.82. The second-order valence-electron chi connectivity index (χ2n) is 3.75. The van der Waals surface area contributed by atoms with Crippen molar-refractivity contribution in [2.45, 2.75) is 13.3 Å². The van der Waals surface area contributed by atoms with Crippen molar-refractivity contribution in [3.8, 4) is 5.75 Å². The molecule has 0 aromatic heterocycles. The summed E-state index contributed by atoms with van der Waals surface area (Å²) in [6, 6.07) is 4.51. The van der Waals surface area contributed by atoms with E-state index in [0.717, 1.165) is 0 Å². The molecule has 0 aliphatic rings. The molecule has 108 valence electrons. The normalized spacial score (nSPS) is 11.1. The molecule has 0 saturated heterocycles. The Kier molecular flexibility index (Phi) is 6.17. The molecule has 0 heterocycles. The van der Waals surface area contributed by atoms with E-state index in [2.05, 4.69) is 20.7 Å². The molecule has 1 aromatic carbocycles. The predicted molar refractivity (Wildman–Crippen MR) is 76.7 cm³/mol. The van der Waals surface area contributed by atoms with Crippen LogP contribution in [-0.2, 0) is 9.53 Å². The lowest BCUT2D eigenvalue weighted by atomic mass is 10.2. The number of ether oxygens (including phenoxy) is 2. The lowest BCUT2D eigenvalue weighted by Gasteiger charge is -2.06. The minimum Gasteiger partial charge on any atom is -0.483 e. The predicted octanol–water partition coefficient (Wildman–Crippen LogP) is 3.25. The lowest BCUT2D eigenvalue weighted by molar-refractivity contribution is -0.385. The molecule has 0 N–H and O–H groups in total. The van der Waals surface area contributed by atoms with Crippen molar-refractivity contribution in [1.29, 1.82) is 0 Å². The number of methoxy groups -OCH3 is 1. The summed E-state index contributed by atoms with van der Waals surface area (Å²) < 4.78 is 10.5. The fourth-order valence-electron chi connectivity index (χ4n) is 1.49. The first-order valence-electron chi connectivity index (χ1n) is 5.83. The number of nitro benzene ring substituents is 1. The second-order valence-corrected chi connectivity index (χ2v) is 4.67. The van der Waals surface area contributed by atoms with Gasteiger partial charge in [0.15, 0.2) is 5.75 Å². The van der Waals surface area contributed by atoms with E-state index in [1.165, 1.54) is 19.2 Å². The van der Waals surface area contributed by atoms with Crippen LogP contribution < -0.4 is 4.74 Å². The third-order valence-electron chi connectivity index (χ3n) is 2.51. The average molecular weight is 344 g/mol. The van der Waals surface area contributed by atoms with Gasteiger partial charge < -0.3 is 9.47 Å². The largest absolute Gasteiger partial charge is 0.483 e. The quantitative estimate of drug-likeness (QED) is 0.343. The molecule has 0 saturated carbocycles. The zero-order valence-corrected chi connectivity index (χ0v) is 12.7. The SMILES string of the molecule is CCC(=CCOc1ccc(Br)cc1[N+](=O)[O-])C(=O)OC. The van der Waals surface area contributed by atoms with E-state index in [0.29, 0.717) is 16.5 Å². The molecule has 0 radical (unpaired) electrons. The number of hydrogen-bond donors (Lipinski definition) is 0. The maximum Gasteiger partial charge on any atom is 0.333 e. The van der Waals surface area contributed by atoms with Gasteiger partial charge in [0.05, 0.1) is 12.0 Å². The fourth-order valence-corrected chi connectivity index (χ4v) is 1.84. The van der Waals surface area contributed by atoms with Crippen LogP contribution >= 0.6 is 15.9 Å².